The zero-order chi connectivity index (χ0) is 16.9. The quantitative estimate of drug-likeness (QED) is 0.915. The summed E-state index contributed by atoms with van der Waals surface area (Å²) in [6.07, 6.45) is 5.16. The fourth-order valence-corrected chi connectivity index (χ4v) is 3.06. The highest BCUT2D eigenvalue weighted by Gasteiger charge is 2.19. The predicted molar refractivity (Wildman–Crippen MR) is 92.9 cm³/mol. The van der Waals surface area contributed by atoms with Crippen molar-refractivity contribution in [3.8, 4) is 0 Å². The summed E-state index contributed by atoms with van der Waals surface area (Å²) in [7, 11) is 0. The van der Waals surface area contributed by atoms with Crippen LogP contribution in [0.5, 0.6) is 0 Å². The average Bonchev–Trinajstić information content (AvgIpc) is 2.63. The maximum absolute atomic E-state index is 13.2. The molecule has 2 heterocycles. The molecule has 1 aliphatic rings. The van der Waals surface area contributed by atoms with Crippen LogP contribution in [-0.4, -0.2) is 24.0 Å². The molecule has 0 spiro atoms. The SMILES string of the molecule is O=C(NCc1ccc(F)c(Cl)c1)c1cccnc1N1CCCCC1. The Hall–Kier alpha value is -2.14. The summed E-state index contributed by atoms with van der Waals surface area (Å²) >= 11 is 5.77. The number of nitrogens with zero attached hydrogens (tertiary/aromatic N) is 2. The zero-order valence-corrected chi connectivity index (χ0v) is 14.0. The lowest BCUT2D eigenvalue weighted by molar-refractivity contribution is 0.0951. The number of carbonyl (C=O) groups excluding carboxylic acids is 1. The first-order valence-electron chi connectivity index (χ1n) is 8.07. The maximum Gasteiger partial charge on any atom is 0.255 e. The molecule has 1 saturated heterocycles. The van der Waals surface area contributed by atoms with Gasteiger partial charge in [0.1, 0.15) is 11.6 Å². The fourth-order valence-electron chi connectivity index (χ4n) is 2.86. The Kier molecular flexibility index (Phi) is 5.30. The molecular formula is C18H19ClFN3O. The van der Waals surface area contributed by atoms with Gasteiger partial charge in [-0.1, -0.05) is 17.7 Å². The number of rotatable bonds is 4. The number of amides is 1. The van der Waals surface area contributed by atoms with E-state index in [4.69, 9.17) is 11.6 Å². The van der Waals surface area contributed by atoms with E-state index in [9.17, 15) is 9.18 Å². The van der Waals surface area contributed by atoms with Crippen LogP contribution in [0.3, 0.4) is 0 Å². The largest absolute Gasteiger partial charge is 0.356 e. The Morgan fingerprint density at radius 2 is 2.04 bits per heavy atom. The molecule has 1 fully saturated rings. The molecule has 1 aliphatic heterocycles. The van der Waals surface area contributed by atoms with E-state index in [1.54, 1.807) is 24.4 Å². The van der Waals surface area contributed by atoms with Gasteiger partial charge in [-0.2, -0.15) is 0 Å². The van der Waals surface area contributed by atoms with Crippen LogP contribution in [0.15, 0.2) is 36.5 Å². The van der Waals surface area contributed by atoms with E-state index in [2.05, 4.69) is 15.2 Å². The van der Waals surface area contributed by atoms with Crippen LogP contribution in [0.1, 0.15) is 35.2 Å². The highest BCUT2D eigenvalue weighted by molar-refractivity contribution is 6.30. The second-order valence-electron chi connectivity index (χ2n) is 5.85. The molecular weight excluding hydrogens is 329 g/mol. The summed E-state index contributed by atoms with van der Waals surface area (Å²) in [6.45, 7) is 2.13. The number of aromatic nitrogens is 1. The summed E-state index contributed by atoms with van der Waals surface area (Å²) in [5.74, 6) is 0.0716. The van der Waals surface area contributed by atoms with Crippen LogP contribution in [0.2, 0.25) is 5.02 Å². The molecule has 0 radical (unpaired) electrons. The smallest absolute Gasteiger partial charge is 0.255 e. The van der Waals surface area contributed by atoms with Gasteiger partial charge in [-0.05, 0) is 49.1 Å². The normalized spacial score (nSPS) is 14.5. The molecule has 6 heteroatoms. The van der Waals surface area contributed by atoms with Crippen molar-refractivity contribution in [1.82, 2.24) is 10.3 Å². The number of benzene rings is 1. The third kappa shape index (κ3) is 3.85. The predicted octanol–water partition coefficient (Wildman–Crippen LogP) is 3.79. The molecule has 1 aromatic heterocycles. The molecule has 0 saturated carbocycles. The second-order valence-corrected chi connectivity index (χ2v) is 6.26. The van der Waals surface area contributed by atoms with Crippen molar-refractivity contribution in [3.63, 3.8) is 0 Å². The summed E-state index contributed by atoms with van der Waals surface area (Å²) in [6, 6.07) is 7.97. The second kappa shape index (κ2) is 7.62. The van der Waals surface area contributed by atoms with Crippen molar-refractivity contribution >= 4 is 23.3 Å². The summed E-state index contributed by atoms with van der Waals surface area (Å²) in [5.41, 5.74) is 1.31. The van der Waals surface area contributed by atoms with Gasteiger partial charge in [-0.15, -0.1) is 0 Å². The van der Waals surface area contributed by atoms with E-state index in [1.807, 2.05) is 0 Å². The Bertz CT molecular complexity index is 732. The number of halogens is 2. The van der Waals surface area contributed by atoms with Gasteiger partial charge in [0.05, 0.1) is 10.6 Å². The van der Waals surface area contributed by atoms with Gasteiger partial charge in [0, 0.05) is 25.8 Å². The van der Waals surface area contributed by atoms with E-state index < -0.39 is 5.82 Å². The molecule has 4 nitrogen and oxygen atoms in total. The highest BCUT2D eigenvalue weighted by Crippen LogP contribution is 2.22. The van der Waals surface area contributed by atoms with Gasteiger partial charge >= 0.3 is 0 Å². The van der Waals surface area contributed by atoms with E-state index >= 15 is 0 Å². The number of hydrogen-bond acceptors (Lipinski definition) is 3. The Morgan fingerprint density at radius 3 is 2.79 bits per heavy atom. The van der Waals surface area contributed by atoms with E-state index in [0.29, 0.717) is 5.56 Å². The first-order valence-corrected chi connectivity index (χ1v) is 8.45. The molecule has 3 rings (SSSR count). The van der Waals surface area contributed by atoms with Crippen molar-refractivity contribution < 1.29 is 9.18 Å². The number of piperidine rings is 1. The third-order valence-electron chi connectivity index (χ3n) is 4.12. The molecule has 0 atom stereocenters. The van der Waals surface area contributed by atoms with E-state index in [1.165, 1.54) is 18.6 Å². The molecule has 1 N–H and O–H groups in total. The number of anilines is 1. The van der Waals surface area contributed by atoms with Crippen LogP contribution in [-0.2, 0) is 6.54 Å². The van der Waals surface area contributed by atoms with Gasteiger partial charge < -0.3 is 10.2 Å². The molecule has 1 aromatic carbocycles. The fraction of sp³-hybridized carbons (Fsp3) is 0.333. The number of hydrogen-bond donors (Lipinski definition) is 1. The minimum Gasteiger partial charge on any atom is -0.356 e. The van der Waals surface area contributed by atoms with Crippen molar-refractivity contribution in [2.45, 2.75) is 25.8 Å². The zero-order valence-electron chi connectivity index (χ0n) is 13.3. The lowest BCUT2D eigenvalue weighted by Crippen LogP contribution is -2.33. The number of carbonyl (C=O) groups is 1. The maximum atomic E-state index is 13.2. The van der Waals surface area contributed by atoms with E-state index in [-0.39, 0.29) is 17.5 Å². The van der Waals surface area contributed by atoms with Gasteiger partial charge in [-0.25, -0.2) is 9.37 Å². The Balaban J connectivity index is 1.71. The standard InChI is InChI=1S/C18H19ClFN3O/c19-15-11-13(6-7-16(15)20)12-22-18(24)14-5-4-8-21-17(14)23-9-2-1-3-10-23/h4-8,11H,1-3,9-10,12H2,(H,22,24). The summed E-state index contributed by atoms with van der Waals surface area (Å²) in [4.78, 5) is 19.1. The minimum absolute atomic E-state index is 0.0529. The van der Waals surface area contributed by atoms with Gasteiger partial charge in [-0.3, -0.25) is 4.79 Å². The van der Waals surface area contributed by atoms with Crippen LogP contribution < -0.4 is 10.2 Å². The highest BCUT2D eigenvalue weighted by atomic mass is 35.5. The minimum atomic E-state index is -0.466. The lowest BCUT2D eigenvalue weighted by Gasteiger charge is -2.29. The first-order chi connectivity index (χ1) is 11.6. The number of nitrogens with one attached hydrogen (secondary N) is 1. The van der Waals surface area contributed by atoms with E-state index in [0.717, 1.165) is 37.3 Å². The van der Waals surface area contributed by atoms with Gasteiger partial charge in [0.2, 0.25) is 0 Å². The molecule has 2 aromatic rings. The number of pyridine rings is 1. The van der Waals surface area contributed by atoms with Crippen molar-refractivity contribution in [2.75, 3.05) is 18.0 Å². The third-order valence-corrected chi connectivity index (χ3v) is 4.41. The van der Waals surface area contributed by atoms with Crippen molar-refractivity contribution in [2.24, 2.45) is 0 Å². The average molecular weight is 348 g/mol. The molecule has 126 valence electrons. The van der Waals surface area contributed by atoms with Gasteiger partial charge in [0.25, 0.3) is 5.91 Å². The lowest BCUT2D eigenvalue weighted by atomic mass is 10.1. The topological polar surface area (TPSA) is 45.2 Å². The van der Waals surface area contributed by atoms with Gasteiger partial charge in [0.15, 0.2) is 0 Å². The molecule has 0 aliphatic carbocycles. The Labute approximate surface area is 145 Å². The monoisotopic (exact) mass is 347 g/mol. The Morgan fingerprint density at radius 1 is 1.25 bits per heavy atom. The molecule has 0 unspecified atom stereocenters. The van der Waals surface area contributed by atoms with Crippen LogP contribution in [0.25, 0.3) is 0 Å². The van der Waals surface area contributed by atoms with Crippen LogP contribution in [0.4, 0.5) is 10.2 Å². The first kappa shape index (κ1) is 16.7. The van der Waals surface area contributed by atoms with Crippen LogP contribution >= 0.6 is 11.6 Å². The summed E-state index contributed by atoms with van der Waals surface area (Å²) in [5, 5.41) is 2.91. The van der Waals surface area contributed by atoms with Crippen molar-refractivity contribution in [1.29, 1.82) is 0 Å². The molecule has 24 heavy (non-hydrogen) atoms. The van der Waals surface area contributed by atoms with Crippen LogP contribution in [0, 0.1) is 5.82 Å². The van der Waals surface area contributed by atoms with Crippen molar-refractivity contribution in [3.05, 3.63) is 58.5 Å². The summed E-state index contributed by atoms with van der Waals surface area (Å²) < 4.78 is 13.2. The molecule has 1 amide bonds. The molecule has 0 bridgehead atoms.